The molecule has 1 aliphatic carbocycles. The summed E-state index contributed by atoms with van der Waals surface area (Å²) in [6.45, 7) is 4.01. The SMILES string of the molecule is Cl.Cl.O=C1CN(c2nc(C3CC3)nc3c2CCNCC3)CCCN1. The zero-order valence-electron chi connectivity index (χ0n) is 13.7. The minimum atomic E-state index is 0. The minimum Gasteiger partial charge on any atom is -0.354 e. The number of carbonyl (C=O) groups is 1. The molecule has 1 amide bonds. The lowest BCUT2D eigenvalue weighted by Crippen LogP contribution is -2.34. The van der Waals surface area contributed by atoms with E-state index in [-0.39, 0.29) is 30.7 Å². The van der Waals surface area contributed by atoms with Crippen molar-refractivity contribution in [2.45, 2.75) is 38.0 Å². The molecule has 4 rings (SSSR count). The van der Waals surface area contributed by atoms with Crippen molar-refractivity contribution in [3.63, 3.8) is 0 Å². The molecule has 1 saturated heterocycles. The first-order valence-corrected chi connectivity index (χ1v) is 8.43. The van der Waals surface area contributed by atoms with Gasteiger partial charge in [0.1, 0.15) is 11.6 Å². The second-order valence-electron chi connectivity index (χ2n) is 6.48. The van der Waals surface area contributed by atoms with Gasteiger partial charge in [-0.25, -0.2) is 9.97 Å². The lowest BCUT2D eigenvalue weighted by atomic mass is 10.1. The first-order chi connectivity index (χ1) is 10.8. The Bertz CT molecular complexity index is 594. The lowest BCUT2D eigenvalue weighted by molar-refractivity contribution is -0.119. The van der Waals surface area contributed by atoms with E-state index >= 15 is 0 Å². The molecule has 2 N–H and O–H groups in total. The summed E-state index contributed by atoms with van der Waals surface area (Å²) in [4.78, 5) is 23.8. The highest BCUT2D eigenvalue weighted by Crippen LogP contribution is 2.39. The van der Waals surface area contributed by atoms with Gasteiger partial charge in [-0.3, -0.25) is 4.79 Å². The lowest BCUT2D eigenvalue weighted by Gasteiger charge is -2.24. The van der Waals surface area contributed by atoms with E-state index in [2.05, 4.69) is 15.5 Å². The molecule has 134 valence electrons. The van der Waals surface area contributed by atoms with Gasteiger partial charge >= 0.3 is 0 Å². The van der Waals surface area contributed by atoms with E-state index in [1.54, 1.807) is 0 Å². The van der Waals surface area contributed by atoms with Gasteiger partial charge in [0.2, 0.25) is 5.91 Å². The van der Waals surface area contributed by atoms with Crippen LogP contribution in [0, 0.1) is 0 Å². The van der Waals surface area contributed by atoms with Gasteiger partial charge in [0, 0.05) is 37.5 Å². The fourth-order valence-corrected chi connectivity index (χ4v) is 3.32. The molecule has 0 aromatic carbocycles. The van der Waals surface area contributed by atoms with Crippen LogP contribution in [0.25, 0.3) is 0 Å². The van der Waals surface area contributed by atoms with Crippen LogP contribution in [0.1, 0.15) is 42.3 Å². The molecule has 0 atom stereocenters. The molecule has 1 saturated carbocycles. The molecule has 6 nitrogen and oxygen atoms in total. The first kappa shape index (κ1) is 19.2. The Morgan fingerprint density at radius 3 is 2.62 bits per heavy atom. The van der Waals surface area contributed by atoms with Gasteiger partial charge in [-0.2, -0.15) is 0 Å². The summed E-state index contributed by atoms with van der Waals surface area (Å²) >= 11 is 0. The number of nitrogens with zero attached hydrogens (tertiary/aromatic N) is 3. The number of rotatable bonds is 2. The Hall–Kier alpha value is -1.11. The molecule has 2 aliphatic heterocycles. The van der Waals surface area contributed by atoms with E-state index in [0.29, 0.717) is 12.5 Å². The summed E-state index contributed by atoms with van der Waals surface area (Å²) in [5.74, 6) is 2.67. The van der Waals surface area contributed by atoms with Crippen molar-refractivity contribution in [3.8, 4) is 0 Å². The van der Waals surface area contributed by atoms with Crippen molar-refractivity contribution in [1.82, 2.24) is 20.6 Å². The normalized spacial score (nSPS) is 20.7. The topological polar surface area (TPSA) is 70.2 Å². The van der Waals surface area contributed by atoms with Crippen LogP contribution in [0.5, 0.6) is 0 Å². The maximum atomic E-state index is 11.9. The van der Waals surface area contributed by atoms with Gasteiger partial charge < -0.3 is 15.5 Å². The van der Waals surface area contributed by atoms with Crippen molar-refractivity contribution in [2.75, 3.05) is 37.6 Å². The van der Waals surface area contributed by atoms with E-state index in [1.807, 2.05) is 0 Å². The zero-order valence-corrected chi connectivity index (χ0v) is 15.3. The summed E-state index contributed by atoms with van der Waals surface area (Å²) in [5, 5.41) is 6.39. The van der Waals surface area contributed by atoms with Crippen LogP contribution in [-0.2, 0) is 17.6 Å². The summed E-state index contributed by atoms with van der Waals surface area (Å²) in [6, 6.07) is 0. The van der Waals surface area contributed by atoms with Crippen LogP contribution in [0.2, 0.25) is 0 Å². The maximum Gasteiger partial charge on any atom is 0.239 e. The second kappa shape index (κ2) is 8.32. The number of nitrogens with one attached hydrogen (secondary N) is 2. The molecule has 24 heavy (non-hydrogen) atoms. The molecule has 0 bridgehead atoms. The van der Waals surface area contributed by atoms with Gasteiger partial charge in [0.15, 0.2) is 0 Å². The fourth-order valence-electron chi connectivity index (χ4n) is 3.32. The molecular weight excluding hydrogens is 349 g/mol. The third kappa shape index (κ3) is 4.10. The van der Waals surface area contributed by atoms with Crippen molar-refractivity contribution >= 4 is 36.5 Å². The monoisotopic (exact) mass is 373 g/mol. The molecular formula is C16H25Cl2N5O. The summed E-state index contributed by atoms with van der Waals surface area (Å²) in [7, 11) is 0. The van der Waals surface area contributed by atoms with Gasteiger partial charge in [-0.1, -0.05) is 0 Å². The average Bonchev–Trinajstić information content (AvgIpc) is 3.35. The van der Waals surface area contributed by atoms with Crippen molar-refractivity contribution in [2.24, 2.45) is 0 Å². The van der Waals surface area contributed by atoms with Crippen LogP contribution >= 0.6 is 24.8 Å². The number of fused-ring (bicyclic) bond motifs is 1. The summed E-state index contributed by atoms with van der Waals surface area (Å²) in [6.07, 6.45) is 5.30. The Morgan fingerprint density at radius 2 is 1.83 bits per heavy atom. The third-order valence-corrected chi connectivity index (χ3v) is 4.68. The number of amides is 1. The van der Waals surface area contributed by atoms with Crippen LogP contribution < -0.4 is 15.5 Å². The van der Waals surface area contributed by atoms with E-state index in [0.717, 1.165) is 57.1 Å². The summed E-state index contributed by atoms with van der Waals surface area (Å²) < 4.78 is 0. The largest absolute Gasteiger partial charge is 0.354 e. The highest BCUT2D eigenvalue weighted by atomic mass is 35.5. The third-order valence-electron chi connectivity index (χ3n) is 4.68. The number of anilines is 1. The smallest absolute Gasteiger partial charge is 0.239 e. The van der Waals surface area contributed by atoms with Crippen LogP contribution in [0.4, 0.5) is 5.82 Å². The molecule has 3 heterocycles. The van der Waals surface area contributed by atoms with Crippen LogP contribution in [0.15, 0.2) is 0 Å². The van der Waals surface area contributed by atoms with Gasteiger partial charge in [-0.15, -0.1) is 24.8 Å². The standard InChI is InChI=1S/C16H23N5O.2ClH/c22-14-10-21(9-1-6-18-14)16-12-4-7-17-8-5-13(12)19-15(20-16)11-2-3-11;;/h11,17H,1-10H2,(H,18,22);2*1H. The number of aromatic nitrogens is 2. The van der Waals surface area contributed by atoms with Crippen LogP contribution in [0.3, 0.4) is 0 Å². The Kier molecular flexibility index (Phi) is 6.66. The number of halogens is 2. The van der Waals surface area contributed by atoms with Crippen molar-refractivity contribution in [3.05, 3.63) is 17.1 Å². The van der Waals surface area contributed by atoms with Gasteiger partial charge in [0.25, 0.3) is 0 Å². The highest BCUT2D eigenvalue weighted by Gasteiger charge is 2.30. The predicted octanol–water partition coefficient (Wildman–Crippen LogP) is 1.21. The van der Waals surface area contributed by atoms with Crippen LogP contribution in [-0.4, -0.2) is 48.6 Å². The van der Waals surface area contributed by atoms with E-state index in [4.69, 9.17) is 9.97 Å². The van der Waals surface area contributed by atoms with E-state index in [9.17, 15) is 4.79 Å². The predicted molar refractivity (Wildman–Crippen MR) is 98.6 cm³/mol. The molecule has 3 aliphatic rings. The molecule has 0 radical (unpaired) electrons. The molecule has 1 aromatic rings. The highest BCUT2D eigenvalue weighted by molar-refractivity contribution is 5.85. The maximum absolute atomic E-state index is 11.9. The quantitative estimate of drug-likeness (QED) is 0.815. The summed E-state index contributed by atoms with van der Waals surface area (Å²) in [5.41, 5.74) is 2.45. The van der Waals surface area contributed by atoms with Crippen molar-refractivity contribution in [1.29, 1.82) is 0 Å². The Morgan fingerprint density at radius 1 is 1.04 bits per heavy atom. The molecule has 0 unspecified atom stereocenters. The van der Waals surface area contributed by atoms with Crippen molar-refractivity contribution < 1.29 is 4.79 Å². The van der Waals surface area contributed by atoms with Gasteiger partial charge in [0.05, 0.1) is 12.2 Å². The number of hydrogen-bond acceptors (Lipinski definition) is 5. The minimum absolute atomic E-state index is 0. The molecule has 2 fully saturated rings. The molecule has 1 aromatic heterocycles. The second-order valence-corrected chi connectivity index (χ2v) is 6.48. The molecule has 8 heteroatoms. The number of hydrogen-bond donors (Lipinski definition) is 2. The van der Waals surface area contributed by atoms with Gasteiger partial charge in [-0.05, 0) is 32.2 Å². The number of carbonyl (C=O) groups excluding carboxylic acids is 1. The Labute approximate surface area is 155 Å². The fraction of sp³-hybridized carbons (Fsp3) is 0.688. The first-order valence-electron chi connectivity index (χ1n) is 8.43. The zero-order chi connectivity index (χ0) is 14.9. The van der Waals surface area contributed by atoms with E-state index in [1.165, 1.54) is 24.1 Å². The molecule has 0 spiro atoms. The Balaban J connectivity index is 0.00000104. The van der Waals surface area contributed by atoms with E-state index < -0.39 is 0 Å². The average molecular weight is 374 g/mol.